The summed E-state index contributed by atoms with van der Waals surface area (Å²) < 4.78 is 45.7. The van der Waals surface area contributed by atoms with Crippen LogP contribution in [0.5, 0.6) is 0 Å². The predicted molar refractivity (Wildman–Crippen MR) is 118 cm³/mol. The molecule has 0 fully saturated rings. The van der Waals surface area contributed by atoms with Crippen molar-refractivity contribution in [3.8, 4) is 5.69 Å². The average Bonchev–Trinajstić information content (AvgIpc) is 3.09. The number of ketones is 1. The van der Waals surface area contributed by atoms with Crippen LogP contribution in [0.25, 0.3) is 11.8 Å². The van der Waals surface area contributed by atoms with Crippen LogP contribution in [0.4, 0.5) is 18.9 Å². The van der Waals surface area contributed by atoms with Crippen molar-refractivity contribution in [1.82, 2.24) is 4.57 Å². The number of nitro benzene ring substituents is 1. The zero-order valence-corrected chi connectivity index (χ0v) is 18.1. The molecule has 0 saturated heterocycles. The minimum atomic E-state index is -4.50. The van der Waals surface area contributed by atoms with E-state index in [-0.39, 0.29) is 16.9 Å². The van der Waals surface area contributed by atoms with Gasteiger partial charge in [0.25, 0.3) is 5.69 Å². The molecule has 0 N–H and O–H groups in total. The number of halogens is 3. The Morgan fingerprint density at radius 1 is 1.09 bits per heavy atom. The molecule has 0 spiro atoms. The molecule has 1 heterocycles. The van der Waals surface area contributed by atoms with Gasteiger partial charge in [0, 0.05) is 40.8 Å². The lowest BCUT2D eigenvalue weighted by Crippen LogP contribution is -2.13. The first-order valence-electron chi connectivity index (χ1n) is 9.96. The Kier molecular flexibility index (Phi) is 7.00. The van der Waals surface area contributed by atoms with Crippen LogP contribution in [0.1, 0.15) is 32.9 Å². The van der Waals surface area contributed by atoms with Crippen molar-refractivity contribution >= 4 is 23.5 Å². The molecule has 0 amide bonds. The SMILES string of the molecule is Cc1cc(C(=O)COC(=O)C=Cc2ccc([N+](=O)[O-])cc2)c(C)n1-c1cccc(C(F)(F)F)c1. The standard InChI is InChI=1S/C24H19F3N2O5/c1-15-12-21(16(2)28(15)20-5-3-4-18(13-20)24(25,26)27)22(30)14-34-23(31)11-8-17-6-9-19(10-7-17)29(32)33/h3-13H,14H2,1-2H3. The first kappa shape index (κ1) is 24.4. The lowest BCUT2D eigenvalue weighted by Gasteiger charge is -2.13. The zero-order valence-electron chi connectivity index (χ0n) is 18.1. The van der Waals surface area contributed by atoms with Crippen molar-refractivity contribution in [3.05, 3.63) is 98.9 Å². The summed E-state index contributed by atoms with van der Waals surface area (Å²) in [7, 11) is 0. The van der Waals surface area contributed by atoms with E-state index in [2.05, 4.69) is 0 Å². The summed E-state index contributed by atoms with van der Waals surface area (Å²) in [6.07, 6.45) is -2.03. The van der Waals surface area contributed by atoms with Gasteiger partial charge in [-0.15, -0.1) is 0 Å². The fourth-order valence-electron chi connectivity index (χ4n) is 3.40. The number of rotatable bonds is 7. The number of ether oxygens (including phenoxy) is 1. The summed E-state index contributed by atoms with van der Waals surface area (Å²) in [6, 6.07) is 11.8. The van der Waals surface area contributed by atoms with Gasteiger partial charge in [0.05, 0.1) is 10.5 Å². The van der Waals surface area contributed by atoms with Crippen molar-refractivity contribution < 1.29 is 32.4 Å². The average molecular weight is 472 g/mol. The molecular weight excluding hydrogens is 453 g/mol. The van der Waals surface area contributed by atoms with Crippen molar-refractivity contribution in [2.75, 3.05) is 6.61 Å². The van der Waals surface area contributed by atoms with Crippen LogP contribution < -0.4 is 0 Å². The number of aromatic nitrogens is 1. The fraction of sp³-hybridized carbons (Fsp3) is 0.167. The van der Waals surface area contributed by atoms with E-state index in [4.69, 9.17) is 4.74 Å². The highest BCUT2D eigenvalue weighted by molar-refractivity contribution is 6.00. The Hall–Kier alpha value is -4.21. The van der Waals surface area contributed by atoms with Crippen LogP contribution in [0.3, 0.4) is 0 Å². The van der Waals surface area contributed by atoms with E-state index in [1.165, 1.54) is 53.1 Å². The molecule has 2 aromatic carbocycles. The molecule has 0 aliphatic carbocycles. The van der Waals surface area contributed by atoms with Crippen molar-refractivity contribution in [2.24, 2.45) is 0 Å². The fourth-order valence-corrected chi connectivity index (χ4v) is 3.40. The molecule has 176 valence electrons. The molecule has 3 aromatic rings. The van der Waals surface area contributed by atoms with Gasteiger partial charge in [-0.2, -0.15) is 13.2 Å². The summed E-state index contributed by atoms with van der Waals surface area (Å²) >= 11 is 0. The molecule has 1 aromatic heterocycles. The van der Waals surface area contributed by atoms with E-state index >= 15 is 0 Å². The molecular formula is C24H19F3N2O5. The Balaban J connectivity index is 1.69. The van der Waals surface area contributed by atoms with Crippen LogP contribution in [0.15, 0.2) is 60.7 Å². The van der Waals surface area contributed by atoms with Gasteiger partial charge < -0.3 is 9.30 Å². The molecule has 0 atom stereocenters. The van der Waals surface area contributed by atoms with E-state index in [0.717, 1.165) is 18.2 Å². The quantitative estimate of drug-likeness (QED) is 0.150. The zero-order chi connectivity index (χ0) is 25.0. The molecule has 0 radical (unpaired) electrons. The van der Waals surface area contributed by atoms with Gasteiger partial charge in [-0.1, -0.05) is 6.07 Å². The Morgan fingerprint density at radius 2 is 1.76 bits per heavy atom. The van der Waals surface area contributed by atoms with Gasteiger partial charge in [0.2, 0.25) is 5.78 Å². The van der Waals surface area contributed by atoms with Crippen LogP contribution in [-0.4, -0.2) is 27.8 Å². The summed E-state index contributed by atoms with van der Waals surface area (Å²) in [5.41, 5.74) is 1.07. The lowest BCUT2D eigenvalue weighted by molar-refractivity contribution is -0.384. The third-order valence-corrected chi connectivity index (χ3v) is 5.02. The number of benzene rings is 2. The number of nitro groups is 1. The van der Waals surface area contributed by atoms with Crippen molar-refractivity contribution in [3.63, 3.8) is 0 Å². The van der Waals surface area contributed by atoms with E-state index in [1.807, 2.05) is 0 Å². The minimum Gasteiger partial charge on any atom is -0.454 e. The summed E-state index contributed by atoms with van der Waals surface area (Å²) in [5, 5.41) is 10.7. The molecule has 3 rings (SSSR count). The third kappa shape index (κ3) is 5.58. The van der Waals surface area contributed by atoms with E-state index in [1.54, 1.807) is 13.8 Å². The molecule has 0 saturated carbocycles. The summed E-state index contributed by atoms with van der Waals surface area (Å²) in [6.45, 7) is 2.69. The predicted octanol–water partition coefficient (Wildman–Crippen LogP) is 5.46. The molecule has 10 heteroatoms. The van der Waals surface area contributed by atoms with Gasteiger partial charge in [0.1, 0.15) is 0 Å². The smallest absolute Gasteiger partial charge is 0.416 e. The second kappa shape index (κ2) is 9.74. The Bertz CT molecular complexity index is 1270. The number of non-ortho nitro benzene ring substituents is 1. The van der Waals surface area contributed by atoms with Crippen LogP contribution in [-0.2, 0) is 15.7 Å². The normalized spacial score (nSPS) is 11.6. The number of carbonyl (C=O) groups excluding carboxylic acids is 2. The van der Waals surface area contributed by atoms with Crippen molar-refractivity contribution in [1.29, 1.82) is 0 Å². The molecule has 0 unspecified atom stereocenters. The molecule has 7 nitrogen and oxygen atoms in total. The van der Waals surface area contributed by atoms with Crippen LogP contribution >= 0.6 is 0 Å². The number of hydrogen-bond donors (Lipinski definition) is 0. The number of carbonyl (C=O) groups is 2. The number of nitrogens with zero attached hydrogens (tertiary/aromatic N) is 2. The first-order valence-corrected chi connectivity index (χ1v) is 9.96. The maximum Gasteiger partial charge on any atom is 0.416 e. The molecule has 34 heavy (non-hydrogen) atoms. The monoisotopic (exact) mass is 472 g/mol. The maximum atomic E-state index is 13.1. The lowest BCUT2D eigenvalue weighted by atomic mass is 10.1. The first-order chi connectivity index (χ1) is 16.0. The topological polar surface area (TPSA) is 91.4 Å². The van der Waals surface area contributed by atoms with E-state index in [9.17, 15) is 32.9 Å². The highest BCUT2D eigenvalue weighted by Crippen LogP contribution is 2.31. The largest absolute Gasteiger partial charge is 0.454 e. The highest BCUT2D eigenvalue weighted by atomic mass is 19.4. The number of alkyl halides is 3. The molecule has 0 bridgehead atoms. The van der Waals surface area contributed by atoms with Gasteiger partial charge in [-0.3, -0.25) is 14.9 Å². The molecule has 0 aliphatic rings. The van der Waals surface area contributed by atoms with Gasteiger partial charge >= 0.3 is 12.1 Å². The second-order valence-corrected chi connectivity index (χ2v) is 7.38. The van der Waals surface area contributed by atoms with Gasteiger partial charge in [0.15, 0.2) is 6.61 Å². The molecule has 0 aliphatic heterocycles. The highest BCUT2D eigenvalue weighted by Gasteiger charge is 2.31. The van der Waals surface area contributed by atoms with Crippen molar-refractivity contribution in [2.45, 2.75) is 20.0 Å². The van der Waals surface area contributed by atoms with E-state index < -0.39 is 35.0 Å². The summed E-state index contributed by atoms with van der Waals surface area (Å²) in [5.74, 6) is -1.30. The second-order valence-electron chi connectivity index (χ2n) is 7.38. The maximum absolute atomic E-state index is 13.1. The summed E-state index contributed by atoms with van der Waals surface area (Å²) in [4.78, 5) is 34.7. The van der Waals surface area contributed by atoms with Crippen LogP contribution in [0, 0.1) is 24.0 Å². The number of aryl methyl sites for hydroxylation is 1. The van der Waals surface area contributed by atoms with E-state index in [0.29, 0.717) is 17.0 Å². The number of Topliss-reactive ketones (excluding diaryl/α,β-unsaturated/α-hetero) is 1. The number of hydrogen-bond acceptors (Lipinski definition) is 5. The van der Waals surface area contributed by atoms with Crippen LogP contribution in [0.2, 0.25) is 0 Å². The Morgan fingerprint density at radius 3 is 2.38 bits per heavy atom. The number of esters is 1. The third-order valence-electron chi connectivity index (χ3n) is 5.02. The van der Waals surface area contributed by atoms with Gasteiger partial charge in [-0.25, -0.2) is 4.79 Å². The Labute approximate surface area is 192 Å². The minimum absolute atomic E-state index is 0.0898. The van der Waals surface area contributed by atoms with Gasteiger partial charge in [-0.05, 0) is 61.9 Å².